The highest BCUT2D eigenvalue weighted by molar-refractivity contribution is 5.78. The van der Waals surface area contributed by atoms with Crippen molar-refractivity contribution in [2.75, 3.05) is 6.54 Å². The number of ketones is 1. The predicted octanol–water partition coefficient (Wildman–Crippen LogP) is 2.12. The molecule has 0 heterocycles. The quantitative estimate of drug-likeness (QED) is 0.657. The van der Waals surface area contributed by atoms with Crippen molar-refractivity contribution >= 4 is 5.78 Å². The van der Waals surface area contributed by atoms with Gasteiger partial charge in [-0.2, -0.15) is 0 Å². The Labute approximate surface area is 80.9 Å². The van der Waals surface area contributed by atoms with E-state index in [1.807, 2.05) is 0 Å². The number of hydrogen-bond donors (Lipinski definition) is 1. The Kier molecular flexibility index (Phi) is 4.43. The fourth-order valence-corrected chi connectivity index (χ4v) is 1.42. The van der Waals surface area contributed by atoms with Crippen molar-refractivity contribution in [3.05, 3.63) is 0 Å². The molecule has 13 heavy (non-hydrogen) atoms. The first-order valence-electron chi connectivity index (χ1n) is 5.44. The van der Waals surface area contributed by atoms with Crippen molar-refractivity contribution in [3.8, 4) is 0 Å². The molecule has 0 amide bonds. The molecule has 0 spiro atoms. The first-order valence-corrected chi connectivity index (χ1v) is 5.44. The van der Waals surface area contributed by atoms with Crippen molar-refractivity contribution in [2.45, 2.75) is 45.4 Å². The summed E-state index contributed by atoms with van der Waals surface area (Å²) in [7, 11) is 0. The topological polar surface area (TPSA) is 43.1 Å². The van der Waals surface area contributed by atoms with Gasteiger partial charge in [-0.3, -0.25) is 4.79 Å². The average Bonchev–Trinajstić information content (AvgIpc) is 2.94. The van der Waals surface area contributed by atoms with Crippen LogP contribution in [-0.4, -0.2) is 12.3 Å². The molecular formula is C11H21NO. The molecule has 0 aromatic heterocycles. The third-order valence-corrected chi connectivity index (χ3v) is 2.85. The van der Waals surface area contributed by atoms with Gasteiger partial charge in [-0.05, 0) is 31.2 Å². The standard InChI is InChI=1S/C11H21NO/c1-9(8-12)2-6-11(13)7-5-10-3-4-10/h9-10H,2-8,12H2,1H3. The van der Waals surface area contributed by atoms with Crippen LogP contribution < -0.4 is 5.73 Å². The molecular weight excluding hydrogens is 162 g/mol. The van der Waals surface area contributed by atoms with Crippen LogP contribution in [0.4, 0.5) is 0 Å². The smallest absolute Gasteiger partial charge is 0.132 e. The largest absolute Gasteiger partial charge is 0.330 e. The van der Waals surface area contributed by atoms with Gasteiger partial charge in [0.15, 0.2) is 0 Å². The van der Waals surface area contributed by atoms with E-state index >= 15 is 0 Å². The molecule has 1 aliphatic rings. The molecule has 1 saturated carbocycles. The van der Waals surface area contributed by atoms with Crippen LogP contribution in [0.1, 0.15) is 45.4 Å². The number of carbonyl (C=O) groups excluding carboxylic acids is 1. The van der Waals surface area contributed by atoms with Gasteiger partial charge in [0.1, 0.15) is 5.78 Å². The van der Waals surface area contributed by atoms with Gasteiger partial charge in [0.25, 0.3) is 0 Å². The third-order valence-electron chi connectivity index (χ3n) is 2.85. The SMILES string of the molecule is CC(CN)CCC(=O)CCC1CC1. The summed E-state index contributed by atoms with van der Waals surface area (Å²) in [6.07, 6.45) is 6.36. The van der Waals surface area contributed by atoms with E-state index in [4.69, 9.17) is 5.73 Å². The number of rotatable bonds is 7. The van der Waals surface area contributed by atoms with Crippen molar-refractivity contribution in [1.82, 2.24) is 0 Å². The van der Waals surface area contributed by atoms with Crippen molar-refractivity contribution < 1.29 is 4.79 Å². The van der Waals surface area contributed by atoms with Gasteiger partial charge in [0.2, 0.25) is 0 Å². The molecule has 0 aromatic carbocycles. The van der Waals surface area contributed by atoms with Gasteiger partial charge in [0.05, 0.1) is 0 Å². The van der Waals surface area contributed by atoms with Gasteiger partial charge >= 0.3 is 0 Å². The summed E-state index contributed by atoms with van der Waals surface area (Å²) in [6.45, 7) is 2.81. The van der Waals surface area contributed by atoms with Crippen LogP contribution in [0.25, 0.3) is 0 Å². The number of Topliss-reactive ketones (excluding diaryl/α,β-unsaturated/α-hetero) is 1. The third kappa shape index (κ3) is 5.04. The minimum absolute atomic E-state index is 0.437. The van der Waals surface area contributed by atoms with Crippen LogP contribution in [-0.2, 0) is 4.79 Å². The van der Waals surface area contributed by atoms with Crippen molar-refractivity contribution in [2.24, 2.45) is 17.6 Å². The Morgan fingerprint density at radius 1 is 1.46 bits per heavy atom. The number of nitrogens with two attached hydrogens (primary N) is 1. The molecule has 1 aliphatic carbocycles. The minimum atomic E-state index is 0.437. The van der Waals surface area contributed by atoms with E-state index in [0.29, 0.717) is 18.2 Å². The van der Waals surface area contributed by atoms with Crippen LogP contribution in [0, 0.1) is 11.8 Å². The van der Waals surface area contributed by atoms with Gasteiger partial charge in [-0.1, -0.05) is 19.8 Å². The van der Waals surface area contributed by atoms with Gasteiger partial charge in [0, 0.05) is 12.8 Å². The average molecular weight is 183 g/mol. The molecule has 0 bridgehead atoms. The Balaban J connectivity index is 1.96. The first kappa shape index (κ1) is 10.7. The van der Waals surface area contributed by atoms with Crippen LogP contribution in [0.2, 0.25) is 0 Å². The molecule has 0 saturated heterocycles. The molecule has 0 aromatic rings. The Hall–Kier alpha value is -0.370. The Morgan fingerprint density at radius 2 is 2.15 bits per heavy atom. The Morgan fingerprint density at radius 3 is 2.69 bits per heavy atom. The minimum Gasteiger partial charge on any atom is -0.330 e. The molecule has 2 N–H and O–H groups in total. The van der Waals surface area contributed by atoms with Crippen LogP contribution in [0.3, 0.4) is 0 Å². The normalized spacial score (nSPS) is 18.6. The lowest BCUT2D eigenvalue weighted by Gasteiger charge is -2.06. The monoisotopic (exact) mass is 183 g/mol. The fourth-order valence-electron chi connectivity index (χ4n) is 1.42. The van der Waals surface area contributed by atoms with E-state index in [0.717, 1.165) is 31.6 Å². The van der Waals surface area contributed by atoms with E-state index in [1.165, 1.54) is 12.8 Å². The zero-order valence-electron chi connectivity index (χ0n) is 8.59. The molecule has 1 fully saturated rings. The molecule has 0 radical (unpaired) electrons. The zero-order chi connectivity index (χ0) is 9.68. The summed E-state index contributed by atoms with van der Waals surface area (Å²) in [5, 5.41) is 0. The van der Waals surface area contributed by atoms with E-state index in [1.54, 1.807) is 0 Å². The van der Waals surface area contributed by atoms with Crippen LogP contribution in [0.5, 0.6) is 0 Å². The maximum absolute atomic E-state index is 11.4. The summed E-state index contributed by atoms with van der Waals surface area (Å²) in [5.74, 6) is 1.83. The van der Waals surface area contributed by atoms with Gasteiger partial charge < -0.3 is 5.73 Å². The Bertz CT molecular complexity index is 163. The van der Waals surface area contributed by atoms with Gasteiger partial charge in [-0.25, -0.2) is 0 Å². The lowest BCUT2D eigenvalue weighted by Crippen LogP contribution is -2.12. The second-order valence-electron chi connectivity index (χ2n) is 4.40. The summed E-state index contributed by atoms with van der Waals surface area (Å²) in [6, 6.07) is 0. The maximum atomic E-state index is 11.4. The molecule has 1 rings (SSSR count). The predicted molar refractivity (Wildman–Crippen MR) is 54.4 cm³/mol. The second-order valence-corrected chi connectivity index (χ2v) is 4.40. The molecule has 0 aliphatic heterocycles. The highest BCUT2D eigenvalue weighted by atomic mass is 16.1. The summed E-state index contributed by atoms with van der Waals surface area (Å²) in [4.78, 5) is 11.4. The highest BCUT2D eigenvalue weighted by Gasteiger charge is 2.21. The van der Waals surface area contributed by atoms with E-state index in [2.05, 4.69) is 6.92 Å². The molecule has 76 valence electrons. The zero-order valence-corrected chi connectivity index (χ0v) is 8.59. The van der Waals surface area contributed by atoms with E-state index in [9.17, 15) is 4.79 Å². The van der Waals surface area contributed by atoms with Crippen molar-refractivity contribution in [1.29, 1.82) is 0 Å². The summed E-state index contributed by atoms with van der Waals surface area (Å²) >= 11 is 0. The molecule has 1 atom stereocenters. The first-order chi connectivity index (χ1) is 6.22. The highest BCUT2D eigenvalue weighted by Crippen LogP contribution is 2.33. The molecule has 2 nitrogen and oxygen atoms in total. The fraction of sp³-hybridized carbons (Fsp3) is 0.909. The van der Waals surface area contributed by atoms with Gasteiger partial charge in [-0.15, -0.1) is 0 Å². The summed E-state index contributed by atoms with van der Waals surface area (Å²) in [5.41, 5.74) is 5.48. The van der Waals surface area contributed by atoms with E-state index < -0.39 is 0 Å². The van der Waals surface area contributed by atoms with Crippen LogP contribution in [0.15, 0.2) is 0 Å². The maximum Gasteiger partial charge on any atom is 0.132 e. The van der Waals surface area contributed by atoms with E-state index in [-0.39, 0.29) is 0 Å². The lowest BCUT2D eigenvalue weighted by molar-refractivity contribution is -0.119. The second kappa shape index (κ2) is 5.38. The number of hydrogen-bond acceptors (Lipinski definition) is 2. The van der Waals surface area contributed by atoms with Crippen molar-refractivity contribution in [3.63, 3.8) is 0 Å². The number of carbonyl (C=O) groups is 1. The molecule has 1 unspecified atom stereocenters. The van der Waals surface area contributed by atoms with Crippen LogP contribution >= 0.6 is 0 Å². The molecule has 2 heteroatoms. The lowest BCUT2D eigenvalue weighted by atomic mass is 10.0. The summed E-state index contributed by atoms with van der Waals surface area (Å²) < 4.78 is 0.